The second-order valence-electron chi connectivity index (χ2n) is 6.95. The second-order valence-corrected chi connectivity index (χ2v) is 7.80. The van der Waals surface area contributed by atoms with Crippen molar-refractivity contribution in [3.8, 4) is 5.75 Å². The minimum Gasteiger partial charge on any atom is -0.483 e. The minimum atomic E-state index is -0.449. The van der Waals surface area contributed by atoms with Crippen molar-refractivity contribution in [3.63, 3.8) is 0 Å². The van der Waals surface area contributed by atoms with Crippen molar-refractivity contribution in [2.75, 3.05) is 24.6 Å². The van der Waals surface area contributed by atoms with Crippen molar-refractivity contribution in [1.82, 2.24) is 5.43 Å². The van der Waals surface area contributed by atoms with Crippen LogP contribution in [0.25, 0.3) is 0 Å². The number of unbranched alkanes of at least 4 members (excludes halogenated alkanes) is 1. The summed E-state index contributed by atoms with van der Waals surface area (Å²) in [7, 11) is 0. The number of nitro benzene ring substituents is 1. The molecule has 0 bridgehead atoms. The monoisotopic (exact) mass is 490 g/mol. The van der Waals surface area contributed by atoms with Gasteiger partial charge in [0, 0.05) is 36.5 Å². The highest BCUT2D eigenvalue weighted by Crippen LogP contribution is 2.26. The lowest BCUT2D eigenvalue weighted by Gasteiger charge is -2.24. The van der Waals surface area contributed by atoms with Crippen LogP contribution >= 0.6 is 15.9 Å². The Labute approximate surface area is 190 Å². The minimum absolute atomic E-state index is 0.0318. The van der Waals surface area contributed by atoms with Crippen LogP contribution in [0.3, 0.4) is 0 Å². The van der Waals surface area contributed by atoms with Gasteiger partial charge in [-0.3, -0.25) is 14.9 Å². The molecule has 2 aromatic rings. The Morgan fingerprint density at radius 2 is 2.06 bits per heavy atom. The molecule has 31 heavy (non-hydrogen) atoms. The summed E-state index contributed by atoms with van der Waals surface area (Å²) in [5.74, 6) is 0.120. The Hall–Kier alpha value is -2.94. The van der Waals surface area contributed by atoms with E-state index in [9.17, 15) is 14.9 Å². The normalized spacial score (nSPS) is 10.8. The number of carbonyl (C=O) groups excluding carboxylic acids is 1. The van der Waals surface area contributed by atoms with Crippen LogP contribution < -0.4 is 15.1 Å². The van der Waals surface area contributed by atoms with Crippen molar-refractivity contribution >= 4 is 39.4 Å². The Morgan fingerprint density at radius 1 is 1.29 bits per heavy atom. The lowest BCUT2D eigenvalue weighted by atomic mass is 10.1. The molecule has 0 atom stereocenters. The van der Waals surface area contributed by atoms with Crippen molar-refractivity contribution in [2.24, 2.45) is 5.10 Å². The van der Waals surface area contributed by atoms with Gasteiger partial charge < -0.3 is 9.64 Å². The summed E-state index contributed by atoms with van der Waals surface area (Å²) in [4.78, 5) is 25.0. The van der Waals surface area contributed by atoms with Crippen molar-refractivity contribution in [3.05, 3.63) is 62.1 Å². The number of non-ortho nitro benzene ring substituents is 1. The van der Waals surface area contributed by atoms with Crippen LogP contribution in [-0.2, 0) is 4.79 Å². The molecule has 2 rings (SSSR count). The maximum absolute atomic E-state index is 12.1. The van der Waals surface area contributed by atoms with Crippen molar-refractivity contribution in [2.45, 2.75) is 33.6 Å². The van der Waals surface area contributed by atoms with E-state index in [0.717, 1.165) is 41.7 Å². The fraction of sp³-hybridized carbons (Fsp3) is 0.364. The van der Waals surface area contributed by atoms with Crippen LogP contribution in [0, 0.1) is 17.0 Å². The van der Waals surface area contributed by atoms with E-state index in [1.54, 1.807) is 12.1 Å². The van der Waals surface area contributed by atoms with Crippen LogP contribution in [0.5, 0.6) is 5.75 Å². The number of nitrogens with zero attached hydrogens (tertiary/aromatic N) is 3. The number of hydrazone groups is 1. The van der Waals surface area contributed by atoms with Gasteiger partial charge in [0.2, 0.25) is 0 Å². The lowest BCUT2D eigenvalue weighted by molar-refractivity contribution is -0.384. The highest BCUT2D eigenvalue weighted by molar-refractivity contribution is 9.10. The summed E-state index contributed by atoms with van der Waals surface area (Å²) in [5, 5.41) is 15.2. The molecular formula is C22H27BrN4O4. The SMILES string of the molecule is CCCCN(CC)c1ccc([N+](=O)[O-])cc1/C=N\NC(=O)COc1ccc(C)cc1Br. The maximum Gasteiger partial charge on any atom is 0.277 e. The number of rotatable bonds is 11. The lowest BCUT2D eigenvalue weighted by Crippen LogP contribution is -2.26. The van der Waals surface area contributed by atoms with E-state index in [1.807, 2.05) is 26.0 Å². The second kappa shape index (κ2) is 12.0. The van der Waals surface area contributed by atoms with Crippen LogP contribution in [0.1, 0.15) is 37.8 Å². The maximum atomic E-state index is 12.1. The van der Waals surface area contributed by atoms with Gasteiger partial charge in [-0.25, -0.2) is 5.43 Å². The van der Waals surface area contributed by atoms with E-state index < -0.39 is 10.8 Å². The quantitative estimate of drug-likeness (QED) is 0.276. The smallest absolute Gasteiger partial charge is 0.277 e. The molecule has 0 aliphatic carbocycles. The van der Waals surface area contributed by atoms with E-state index in [2.05, 4.69) is 38.3 Å². The summed E-state index contributed by atoms with van der Waals surface area (Å²) >= 11 is 3.40. The molecule has 1 N–H and O–H groups in total. The molecule has 0 heterocycles. The number of halogens is 1. The standard InChI is InChI=1S/C22H27BrN4O4/c1-4-6-11-26(5-2)20-9-8-18(27(29)30)13-17(20)14-24-25-22(28)15-31-21-10-7-16(3)12-19(21)23/h7-10,12-14H,4-6,11,15H2,1-3H3,(H,25,28)/b24-14-. The molecule has 166 valence electrons. The fourth-order valence-electron chi connectivity index (χ4n) is 2.92. The summed E-state index contributed by atoms with van der Waals surface area (Å²) in [6.45, 7) is 7.47. The summed E-state index contributed by atoms with van der Waals surface area (Å²) < 4.78 is 6.26. The van der Waals surface area contributed by atoms with E-state index in [0.29, 0.717) is 11.3 Å². The molecular weight excluding hydrogens is 464 g/mol. The number of amides is 1. The Bertz CT molecular complexity index is 949. The number of anilines is 1. The Balaban J connectivity index is 2.09. The van der Waals surface area contributed by atoms with Crippen molar-refractivity contribution < 1.29 is 14.5 Å². The zero-order valence-corrected chi connectivity index (χ0v) is 19.5. The third kappa shape index (κ3) is 7.36. The first kappa shape index (κ1) is 24.3. The number of benzene rings is 2. The summed E-state index contributed by atoms with van der Waals surface area (Å²) in [6.07, 6.45) is 3.47. The van der Waals surface area contributed by atoms with Crippen LogP contribution in [0.2, 0.25) is 0 Å². The number of nitrogens with one attached hydrogen (secondary N) is 1. The molecule has 0 unspecified atom stereocenters. The van der Waals surface area contributed by atoms with Crippen LogP contribution in [0.4, 0.5) is 11.4 Å². The summed E-state index contributed by atoms with van der Waals surface area (Å²) in [5.41, 5.74) is 4.85. The van der Waals surface area contributed by atoms with Gasteiger partial charge in [0.05, 0.1) is 15.6 Å². The molecule has 0 aromatic heterocycles. The van der Waals surface area contributed by atoms with Gasteiger partial charge in [0.25, 0.3) is 11.6 Å². The highest BCUT2D eigenvalue weighted by Gasteiger charge is 2.14. The molecule has 0 saturated heterocycles. The van der Waals surface area contributed by atoms with E-state index in [-0.39, 0.29) is 12.3 Å². The number of nitro groups is 1. The van der Waals surface area contributed by atoms with Gasteiger partial charge in [0.1, 0.15) is 5.75 Å². The van der Waals surface area contributed by atoms with E-state index >= 15 is 0 Å². The predicted octanol–water partition coefficient (Wildman–Crippen LogP) is 4.82. The first-order valence-electron chi connectivity index (χ1n) is 10.1. The topological polar surface area (TPSA) is 97.1 Å². The molecule has 0 radical (unpaired) electrons. The molecule has 0 saturated carbocycles. The first-order valence-corrected chi connectivity index (χ1v) is 10.9. The third-order valence-corrected chi connectivity index (χ3v) is 5.18. The largest absolute Gasteiger partial charge is 0.483 e. The Morgan fingerprint density at radius 3 is 2.71 bits per heavy atom. The van der Waals surface area contributed by atoms with E-state index in [4.69, 9.17) is 4.74 Å². The van der Waals surface area contributed by atoms with Gasteiger partial charge in [-0.05, 0) is 60.0 Å². The third-order valence-electron chi connectivity index (χ3n) is 4.56. The van der Waals surface area contributed by atoms with Crippen LogP contribution in [0.15, 0.2) is 46.0 Å². The summed E-state index contributed by atoms with van der Waals surface area (Å²) in [6, 6.07) is 10.2. The molecule has 1 amide bonds. The average molecular weight is 491 g/mol. The number of aryl methyl sites for hydroxylation is 1. The number of carbonyl (C=O) groups is 1. The van der Waals surface area contributed by atoms with Gasteiger partial charge in [0.15, 0.2) is 6.61 Å². The molecule has 0 spiro atoms. The van der Waals surface area contributed by atoms with Gasteiger partial charge >= 0.3 is 0 Å². The molecule has 2 aromatic carbocycles. The van der Waals surface area contributed by atoms with Gasteiger partial charge in [-0.2, -0.15) is 5.10 Å². The zero-order chi connectivity index (χ0) is 22.8. The van der Waals surface area contributed by atoms with Crippen molar-refractivity contribution in [1.29, 1.82) is 0 Å². The predicted molar refractivity (Wildman–Crippen MR) is 126 cm³/mol. The zero-order valence-electron chi connectivity index (χ0n) is 17.9. The highest BCUT2D eigenvalue weighted by atomic mass is 79.9. The number of hydrogen-bond donors (Lipinski definition) is 1. The molecule has 8 nitrogen and oxygen atoms in total. The average Bonchev–Trinajstić information content (AvgIpc) is 2.74. The fourth-order valence-corrected chi connectivity index (χ4v) is 3.52. The molecule has 9 heteroatoms. The molecule has 0 fully saturated rings. The molecule has 0 aliphatic rings. The van der Waals surface area contributed by atoms with Gasteiger partial charge in [-0.1, -0.05) is 19.4 Å². The van der Waals surface area contributed by atoms with Crippen LogP contribution in [-0.4, -0.2) is 36.7 Å². The number of hydrogen-bond acceptors (Lipinski definition) is 6. The van der Waals surface area contributed by atoms with E-state index in [1.165, 1.54) is 18.3 Å². The first-order chi connectivity index (χ1) is 14.8. The molecule has 0 aliphatic heterocycles. The van der Waals surface area contributed by atoms with Gasteiger partial charge in [-0.15, -0.1) is 0 Å². The number of ether oxygens (including phenoxy) is 1. The Kier molecular flexibility index (Phi) is 9.45.